The molecule has 1 heterocycles. The topological polar surface area (TPSA) is 56.1 Å². The Morgan fingerprint density at radius 2 is 1.84 bits per heavy atom. The summed E-state index contributed by atoms with van der Waals surface area (Å²) in [7, 11) is 1.61. The summed E-state index contributed by atoms with van der Waals surface area (Å²) in [6.07, 6.45) is 3.35. The molecule has 0 spiro atoms. The zero-order valence-electron chi connectivity index (χ0n) is 14.4. The quantitative estimate of drug-likeness (QED) is 0.738. The van der Waals surface area contributed by atoms with Crippen molar-refractivity contribution in [3.63, 3.8) is 0 Å². The Labute approximate surface area is 147 Å². The predicted molar refractivity (Wildman–Crippen MR) is 98.5 cm³/mol. The summed E-state index contributed by atoms with van der Waals surface area (Å²) in [5.74, 6) is 0.595. The fraction of sp³-hybridized carbons (Fsp3) is 0.200. The molecule has 1 amide bonds. The van der Waals surface area contributed by atoms with Crippen molar-refractivity contribution in [1.29, 1.82) is 0 Å². The van der Waals surface area contributed by atoms with E-state index in [-0.39, 0.29) is 5.91 Å². The summed E-state index contributed by atoms with van der Waals surface area (Å²) in [6.45, 7) is 2.09. The Morgan fingerprint density at radius 3 is 2.48 bits per heavy atom. The molecule has 5 heteroatoms. The van der Waals surface area contributed by atoms with Crippen molar-refractivity contribution in [2.75, 3.05) is 12.4 Å². The standard InChI is InChI=1S/C20H21N3O2/c1-3-7-19-18(14-21-23(19)16-8-5-4-6-9-16)20(24)22-15-10-12-17(25-2)13-11-15/h4-6,8-14H,3,7H2,1-2H3,(H,22,24). The molecule has 128 valence electrons. The summed E-state index contributed by atoms with van der Waals surface area (Å²) >= 11 is 0. The van der Waals surface area contributed by atoms with Gasteiger partial charge in [-0.3, -0.25) is 4.79 Å². The summed E-state index contributed by atoms with van der Waals surface area (Å²) in [5.41, 5.74) is 3.19. The van der Waals surface area contributed by atoms with Crippen LogP contribution in [-0.2, 0) is 6.42 Å². The van der Waals surface area contributed by atoms with Gasteiger partial charge in [0.1, 0.15) is 5.75 Å². The largest absolute Gasteiger partial charge is 0.497 e. The van der Waals surface area contributed by atoms with Crippen LogP contribution in [0.3, 0.4) is 0 Å². The average molecular weight is 335 g/mol. The van der Waals surface area contributed by atoms with Crippen LogP contribution in [0.2, 0.25) is 0 Å². The number of ether oxygens (including phenoxy) is 1. The lowest BCUT2D eigenvalue weighted by Gasteiger charge is -2.10. The number of amides is 1. The molecule has 0 radical (unpaired) electrons. The molecule has 0 saturated carbocycles. The van der Waals surface area contributed by atoms with Crippen LogP contribution in [-0.4, -0.2) is 22.8 Å². The van der Waals surface area contributed by atoms with E-state index in [1.54, 1.807) is 13.3 Å². The monoisotopic (exact) mass is 335 g/mol. The van der Waals surface area contributed by atoms with Gasteiger partial charge in [0.05, 0.1) is 30.3 Å². The van der Waals surface area contributed by atoms with E-state index < -0.39 is 0 Å². The second-order valence-electron chi connectivity index (χ2n) is 5.68. The van der Waals surface area contributed by atoms with Crippen molar-refractivity contribution in [2.45, 2.75) is 19.8 Å². The summed E-state index contributed by atoms with van der Waals surface area (Å²) in [5, 5.41) is 7.36. The van der Waals surface area contributed by atoms with E-state index in [0.29, 0.717) is 5.56 Å². The van der Waals surface area contributed by atoms with Crippen molar-refractivity contribution in [3.8, 4) is 11.4 Å². The molecule has 0 aliphatic rings. The Kier molecular flexibility index (Phi) is 5.14. The minimum Gasteiger partial charge on any atom is -0.497 e. The van der Waals surface area contributed by atoms with Gasteiger partial charge >= 0.3 is 0 Å². The lowest BCUT2D eigenvalue weighted by Crippen LogP contribution is -2.14. The van der Waals surface area contributed by atoms with E-state index in [1.165, 1.54) is 0 Å². The van der Waals surface area contributed by atoms with Crippen LogP contribution in [0, 0.1) is 0 Å². The minimum atomic E-state index is -0.157. The Hall–Kier alpha value is -3.08. The lowest BCUT2D eigenvalue weighted by atomic mass is 10.1. The highest BCUT2D eigenvalue weighted by atomic mass is 16.5. The number of hydrogen-bond donors (Lipinski definition) is 1. The first-order chi connectivity index (χ1) is 12.2. The van der Waals surface area contributed by atoms with Gasteiger partial charge in [-0.15, -0.1) is 0 Å². The number of anilines is 1. The van der Waals surface area contributed by atoms with Crippen molar-refractivity contribution in [1.82, 2.24) is 9.78 Å². The van der Waals surface area contributed by atoms with Crippen LogP contribution in [0.15, 0.2) is 60.8 Å². The second-order valence-corrected chi connectivity index (χ2v) is 5.68. The molecule has 0 aliphatic heterocycles. The van der Waals surface area contributed by atoms with Gasteiger partial charge in [-0.2, -0.15) is 5.10 Å². The van der Waals surface area contributed by atoms with Gasteiger partial charge in [0.15, 0.2) is 0 Å². The first-order valence-corrected chi connectivity index (χ1v) is 8.30. The molecule has 1 N–H and O–H groups in total. The summed E-state index contributed by atoms with van der Waals surface area (Å²) in [6, 6.07) is 17.1. The first kappa shape index (κ1) is 16.8. The molecule has 1 aromatic heterocycles. The average Bonchev–Trinajstić information content (AvgIpc) is 3.07. The normalized spacial score (nSPS) is 10.5. The summed E-state index contributed by atoms with van der Waals surface area (Å²) < 4.78 is 6.98. The van der Waals surface area contributed by atoms with E-state index in [0.717, 1.165) is 35.7 Å². The van der Waals surface area contributed by atoms with Gasteiger partial charge < -0.3 is 10.1 Å². The van der Waals surface area contributed by atoms with E-state index >= 15 is 0 Å². The van der Waals surface area contributed by atoms with Gasteiger partial charge in [-0.1, -0.05) is 31.5 Å². The molecule has 0 atom stereocenters. The number of carbonyl (C=O) groups is 1. The number of aromatic nitrogens is 2. The maximum absolute atomic E-state index is 12.7. The molecule has 0 fully saturated rings. The van der Waals surface area contributed by atoms with E-state index in [9.17, 15) is 4.79 Å². The number of para-hydroxylation sites is 1. The number of benzene rings is 2. The Balaban J connectivity index is 1.88. The number of nitrogens with zero attached hydrogens (tertiary/aromatic N) is 2. The zero-order chi connectivity index (χ0) is 17.6. The molecule has 25 heavy (non-hydrogen) atoms. The number of rotatable bonds is 6. The number of nitrogens with one attached hydrogen (secondary N) is 1. The highest BCUT2D eigenvalue weighted by molar-refractivity contribution is 6.05. The maximum Gasteiger partial charge on any atom is 0.259 e. The predicted octanol–water partition coefficient (Wildman–Crippen LogP) is 4.09. The summed E-state index contributed by atoms with van der Waals surface area (Å²) in [4.78, 5) is 12.7. The minimum absolute atomic E-state index is 0.157. The van der Waals surface area contributed by atoms with Crippen LogP contribution in [0.25, 0.3) is 5.69 Å². The molecule has 0 unspecified atom stereocenters. The third kappa shape index (κ3) is 3.71. The number of carbonyl (C=O) groups excluding carboxylic acids is 1. The number of methoxy groups -OCH3 is 1. The van der Waals surface area contributed by atoms with Crippen LogP contribution < -0.4 is 10.1 Å². The third-order valence-electron chi connectivity index (χ3n) is 3.95. The van der Waals surface area contributed by atoms with Gasteiger partial charge in [-0.25, -0.2) is 4.68 Å². The maximum atomic E-state index is 12.7. The highest BCUT2D eigenvalue weighted by Crippen LogP contribution is 2.20. The molecule has 0 saturated heterocycles. The molecule has 3 aromatic rings. The van der Waals surface area contributed by atoms with Crippen molar-refractivity contribution in [3.05, 3.63) is 72.1 Å². The van der Waals surface area contributed by atoms with Gasteiger partial charge in [-0.05, 0) is 42.8 Å². The third-order valence-corrected chi connectivity index (χ3v) is 3.95. The molecular formula is C20H21N3O2. The molecule has 0 bridgehead atoms. The Morgan fingerprint density at radius 1 is 1.12 bits per heavy atom. The lowest BCUT2D eigenvalue weighted by molar-refractivity contribution is 0.102. The molecule has 0 aliphatic carbocycles. The van der Waals surface area contributed by atoms with E-state index in [2.05, 4.69) is 17.3 Å². The van der Waals surface area contributed by atoms with Gasteiger partial charge in [0.2, 0.25) is 0 Å². The van der Waals surface area contributed by atoms with Crippen molar-refractivity contribution >= 4 is 11.6 Å². The van der Waals surface area contributed by atoms with Crippen molar-refractivity contribution in [2.24, 2.45) is 0 Å². The van der Waals surface area contributed by atoms with Gasteiger partial charge in [0.25, 0.3) is 5.91 Å². The van der Waals surface area contributed by atoms with E-state index in [4.69, 9.17) is 4.74 Å². The van der Waals surface area contributed by atoms with E-state index in [1.807, 2.05) is 59.3 Å². The fourth-order valence-corrected chi connectivity index (χ4v) is 2.71. The first-order valence-electron chi connectivity index (χ1n) is 8.30. The molecule has 2 aromatic carbocycles. The second kappa shape index (κ2) is 7.66. The smallest absolute Gasteiger partial charge is 0.259 e. The number of hydrogen-bond acceptors (Lipinski definition) is 3. The Bertz CT molecular complexity index is 839. The highest BCUT2D eigenvalue weighted by Gasteiger charge is 2.18. The SMILES string of the molecule is CCCc1c(C(=O)Nc2ccc(OC)cc2)cnn1-c1ccccc1. The molecular weight excluding hydrogens is 314 g/mol. The van der Waals surface area contributed by atoms with Crippen LogP contribution in [0.5, 0.6) is 5.75 Å². The molecule has 3 rings (SSSR count). The van der Waals surface area contributed by atoms with Crippen LogP contribution in [0.4, 0.5) is 5.69 Å². The van der Waals surface area contributed by atoms with Gasteiger partial charge in [0, 0.05) is 5.69 Å². The van der Waals surface area contributed by atoms with Crippen LogP contribution >= 0.6 is 0 Å². The van der Waals surface area contributed by atoms with Crippen LogP contribution in [0.1, 0.15) is 29.4 Å². The van der Waals surface area contributed by atoms with Crippen molar-refractivity contribution < 1.29 is 9.53 Å². The zero-order valence-corrected chi connectivity index (χ0v) is 14.4. The fourth-order valence-electron chi connectivity index (χ4n) is 2.71. The molecule has 5 nitrogen and oxygen atoms in total.